The van der Waals surface area contributed by atoms with Crippen LogP contribution in [0.5, 0.6) is 0 Å². The Morgan fingerprint density at radius 1 is 0.553 bits per heavy atom. The molecule has 17 aliphatic rings. The van der Waals surface area contributed by atoms with Crippen molar-refractivity contribution in [2.75, 3.05) is 26.4 Å². The molecule has 26 nitrogen and oxygen atoms in total. The van der Waals surface area contributed by atoms with E-state index in [1.807, 2.05) is 6.92 Å². The van der Waals surface area contributed by atoms with Crippen molar-refractivity contribution in [3.8, 4) is 0 Å². The molecule has 12 bridgehead atoms. The molecule has 13 N–H and O–H groups in total. The van der Waals surface area contributed by atoms with Crippen LogP contribution < -0.4 is 0 Å². The van der Waals surface area contributed by atoms with E-state index in [9.17, 15) is 76.0 Å². The van der Waals surface area contributed by atoms with Crippen LogP contribution in [0.1, 0.15) is 126 Å². The first-order chi connectivity index (χ1) is 39.7. The minimum absolute atomic E-state index is 0.0971. The van der Waals surface area contributed by atoms with Crippen molar-refractivity contribution in [3.05, 3.63) is 11.6 Å². The molecule has 0 aromatic heterocycles. The van der Waals surface area contributed by atoms with Crippen LogP contribution in [0.25, 0.3) is 0 Å². The zero-order valence-corrected chi connectivity index (χ0v) is 49.7. The minimum atomic E-state index is -2.27. The third kappa shape index (κ3) is 11.0. The van der Waals surface area contributed by atoms with Crippen LogP contribution in [0.3, 0.4) is 0 Å². The highest BCUT2D eigenvalue weighted by Crippen LogP contribution is 2.76. The highest BCUT2D eigenvalue weighted by molar-refractivity contribution is 5.79. The van der Waals surface area contributed by atoms with E-state index < -0.39 is 219 Å². The van der Waals surface area contributed by atoms with Crippen molar-refractivity contribution in [3.63, 3.8) is 0 Å². The number of hydrogen-bond donors (Lipinski definition) is 13. The van der Waals surface area contributed by atoms with Crippen LogP contribution in [0.15, 0.2) is 11.6 Å². The Morgan fingerprint density at radius 3 is 1.76 bits per heavy atom. The van der Waals surface area contributed by atoms with E-state index in [0.29, 0.717) is 51.4 Å². The fraction of sp³-hybridized carbons (Fsp3) is 0.915. The summed E-state index contributed by atoms with van der Waals surface area (Å²) < 4.78 is 59.9. The van der Waals surface area contributed by atoms with Crippen LogP contribution in [0.4, 0.5) is 0 Å². The van der Waals surface area contributed by atoms with Crippen molar-refractivity contribution in [2.24, 2.45) is 50.2 Å². The van der Waals surface area contributed by atoms with E-state index >= 15 is 4.79 Å². The molecule has 0 radical (unpaired) electrons. The zero-order valence-electron chi connectivity index (χ0n) is 49.7. The second kappa shape index (κ2) is 23.5. The third-order valence-electron chi connectivity index (χ3n) is 22.6. The van der Waals surface area contributed by atoms with Crippen LogP contribution >= 0.6 is 0 Å². The molecule has 17 rings (SSSR count). The molecule has 7 saturated heterocycles. The molecule has 30 atom stereocenters. The average molecular weight is 1220 g/mol. The van der Waals surface area contributed by atoms with E-state index in [4.69, 9.17) is 47.4 Å². The minimum Gasteiger partial charge on any atom is -0.457 e. The van der Waals surface area contributed by atoms with Gasteiger partial charge in [0.25, 0.3) is 0 Å². The second-order valence-electron chi connectivity index (χ2n) is 28.6. The molecule has 30 unspecified atom stereocenters. The Morgan fingerprint density at radius 2 is 1.13 bits per heavy atom. The molecule has 12 heterocycles. The normalized spacial score (nSPS) is 54.2. The molecular formula is C59H92O26. The van der Waals surface area contributed by atoms with E-state index in [1.54, 1.807) is 0 Å². The van der Waals surface area contributed by atoms with Gasteiger partial charge in [0.1, 0.15) is 67.1 Å². The summed E-state index contributed by atoms with van der Waals surface area (Å²) in [7, 11) is 0. The van der Waals surface area contributed by atoms with Gasteiger partial charge in [0.05, 0.1) is 68.6 Å². The molecule has 85 heavy (non-hydrogen) atoms. The summed E-state index contributed by atoms with van der Waals surface area (Å²) in [5.74, 6) is -3.82. The molecule has 484 valence electrons. The number of rotatable bonds is 3. The van der Waals surface area contributed by atoms with E-state index in [2.05, 4.69) is 40.7 Å². The van der Waals surface area contributed by atoms with Gasteiger partial charge in [-0.25, -0.2) is 0 Å². The lowest BCUT2D eigenvalue weighted by atomic mass is 9.33. The maximum atomic E-state index is 15.4. The number of ether oxygens (including phenoxy) is 10. The van der Waals surface area contributed by atoms with Gasteiger partial charge in [-0.05, 0) is 111 Å². The molecule has 0 aromatic carbocycles. The largest absolute Gasteiger partial charge is 0.457 e. The van der Waals surface area contributed by atoms with Crippen LogP contribution in [0, 0.1) is 50.2 Å². The van der Waals surface area contributed by atoms with Crippen molar-refractivity contribution in [1.82, 2.24) is 0 Å². The van der Waals surface area contributed by atoms with Gasteiger partial charge >= 0.3 is 17.9 Å². The maximum Gasteiger partial charge on any atom is 0.315 e. The number of hydrogen-bond acceptors (Lipinski definition) is 26. The first-order valence-corrected chi connectivity index (χ1v) is 30.3. The van der Waals surface area contributed by atoms with Gasteiger partial charge in [0.15, 0.2) is 37.2 Å². The third-order valence-corrected chi connectivity index (χ3v) is 22.6. The zero-order chi connectivity index (χ0) is 62.1. The Balaban J connectivity index is 1.01. The summed E-state index contributed by atoms with van der Waals surface area (Å²) in [5, 5.41) is 148. The topological polar surface area (TPSA) is 407 Å². The molecule has 1 spiro atoms. The van der Waals surface area contributed by atoms with Crippen LogP contribution in [0.2, 0.25) is 0 Å². The molecule has 11 fully saturated rings. The quantitative estimate of drug-likeness (QED) is 0.0643. The summed E-state index contributed by atoms with van der Waals surface area (Å²) in [4.78, 5) is 42.3. The Bertz CT molecular complexity index is 2480. The fourth-order valence-electron chi connectivity index (χ4n) is 17.6. The summed E-state index contributed by atoms with van der Waals surface area (Å²) in [6, 6.07) is 0. The second-order valence-corrected chi connectivity index (χ2v) is 28.6. The molecule has 4 saturated carbocycles. The lowest BCUT2D eigenvalue weighted by Crippen LogP contribution is -2.70. The molecule has 0 aromatic rings. The standard InChI is InChI=1S/C59H92O26/c1-25-43-39(70)41(72)48(77-25)82-45-36(67)29(64)23-76-50(45)85-52(74)59-15-13-53(2,3)17-27(59)26-9-10-33-55(5)18-28(63)47(56(6,24-62)32(55)11-12-58(33,8)57(26,7)14-16-59)84-51-46(38(69)37(68)30(21-60)78-51)83-49-42(73)40(71)44(31(22-61)79-49)81-35(66)20-54(4,75)19-34(65)80-43/h9,25,27-33,36-51,60-64,67-73,75H,10-24H2,1-8H3. The van der Waals surface area contributed by atoms with Gasteiger partial charge in [0, 0.05) is 5.41 Å². The monoisotopic (exact) mass is 1220 g/mol. The Hall–Kier alpha value is -2.65. The van der Waals surface area contributed by atoms with Gasteiger partial charge in [-0.3, -0.25) is 14.4 Å². The van der Waals surface area contributed by atoms with Crippen molar-refractivity contribution in [2.45, 2.75) is 261 Å². The summed E-state index contributed by atoms with van der Waals surface area (Å²) in [5.41, 5.74) is -5.30. The molecule has 5 aliphatic carbocycles. The van der Waals surface area contributed by atoms with Gasteiger partial charge in [-0.1, -0.05) is 53.2 Å². The van der Waals surface area contributed by atoms with Gasteiger partial charge in [0.2, 0.25) is 6.29 Å². The van der Waals surface area contributed by atoms with Crippen molar-refractivity contribution in [1.29, 1.82) is 0 Å². The molecule has 0 amide bonds. The van der Waals surface area contributed by atoms with Gasteiger partial charge < -0.3 is 114 Å². The van der Waals surface area contributed by atoms with Crippen LogP contribution in [-0.4, -0.2) is 245 Å². The summed E-state index contributed by atoms with van der Waals surface area (Å²) in [6.07, 6.45) is -31.4. The first-order valence-electron chi connectivity index (χ1n) is 30.3. The predicted octanol–water partition coefficient (Wildman–Crippen LogP) is -1.78. The number of carbonyl (C=O) groups excluding carboxylic acids is 3. The lowest BCUT2D eigenvalue weighted by Gasteiger charge is -2.72. The van der Waals surface area contributed by atoms with Gasteiger partial charge in [-0.2, -0.15) is 0 Å². The number of carbonyl (C=O) groups is 3. The lowest BCUT2D eigenvalue weighted by molar-refractivity contribution is -0.384. The molecular weight excluding hydrogens is 1120 g/mol. The smallest absolute Gasteiger partial charge is 0.315 e. The Labute approximate surface area is 493 Å². The number of allylic oxidation sites excluding steroid dienone is 2. The summed E-state index contributed by atoms with van der Waals surface area (Å²) in [6.45, 7) is 12.5. The number of esters is 3. The van der Waals surface area contributed by atoms with E-state index in [-0.39, 0.29) is 29.6 Å². The molecule has 26 heteroatoms. The highest BCUT2D eigenvalue weighted by Gasteiger charge is 2.72. The summed E-state index contributed by atoms with van der Waals surface area (Å²) >= 11 is 0. The van der Waals surface area contributed by atoms with E-state index in [1.165, 1.54) is 6.92 Å². The number of aliphatic hydroxyl groups excluding tert-OH is 12. The SMILES string of the molecule is CC1OC2OC3C(OCC(O)C3O)OC(=O)C34CCC(C)(C)CC3C3=CCC5C6(C)CC(O)C(OC7OC(CO)C(O)C(O)C7OC7OC(CO)C(OC(=O)CC(C)(O)CC(=O)OC1C(O)C2O)C(O)C7O)C(C)(CO)C6CCC5(C)C3(C)CC4. The van der Waals surface area contributed by atoms with Crippen molar-refractivity contribution < 1.29 is 128 Å². The average Bonchev–Trinajstić information content (AvgIpc) is 0.692. The van der Waals surface area contributed by atoms with Crippen LogP contribution in [-0.2, 0) is 61.8 Å². The van der Waals surface area contributed by atoms with Gasteiger partial charge in [-0.15, -0.1) is 0 Å². The van der Waals surface area contributed by atoms with Crippen molar-refractivity contribution >= 4 is 17.9 Å². The first kappa shape index (κ1) is 65.3. The molecule has 12 aliphatic heterocycles. The highest BCUT2D eigenvalue weighted by atomic mass is 16.8. The maximum absolute atomic E-state index is 15.4. The Kier molecular flexibility index (Phi) is 18.1. The fourth-order valence-corrected chi connectivity index (χ4v) is 17.6. The predicted molar refractivity (Wildman–Crippen MR) is 286 cm³/mol. The van der Waals surface area contributed by atoms with E-state index in [0.717, 1.165) is 12.5 Å². The number of aliphatic hydroxyl groups is 13.